The molecule has 0 amide bonds. The van der Waals surface area contributed by atoms with Gasteiger partial charge in [0, 0.05) is 18.2 Å². The predicted octanol–water partition coefficient (Wildman–Crippen LogP) is 3.96. The highest BCUT2D eigenvalue weighted by molar-refractivity contribution is 6.29. The van der Waals surface area contributed by atoms with Crippen LogP contribution in [0.4, 0.5) is 0 Å². The lowest BCUT2D eigenvalue weighted by Gasteiger charge is -2.14. The summed E-state index contributed by atoms with van der Waals surface area (Å²) in [4.78, 5) is 8.70. The highest BCUT2D eigenvalue weighted by Gasteiger charge is 2.13. The van der Waals surface area contributed by atoms with E-state index in [0.717, 1.165) is 22.6 Å². The molecule has 0 aliphatic heterocycles. The molecule has 1 heterocycles. The minimum atomic E-state index is 0.344. The second kappa shape index (κ2) is 6.87. The molecule has 0 saturated carbocycles. The molecule has 0 aliphatic carbocycles. The standard InChI is InChI=1S/C16H19ClN2O2/c1-5-21-9-15-18-13(8-14(17)19-15)12-7-6-10(2)11(3)16(12)20-4/h6-8H,5,9H2,1-4H3. The summed E-state index contributed by atoms with van der Waals surface area (Å²) in [5.74, 6) is 1.38. The second-order valence-electron chi connectivity index (χ2n) is 4.72. The first-order valence-electron chi connectivity index (χ1n) is 6.82. The van der Waals surface area contributed by atoms with Crippen LogP contribution in [0.2, 0.25) is 5.15 Å². The number of rotatable bonds is 5. The SMILES string of the molecule is CCOCc1nc(Cl)cc(-c2ccc(C)c(C)c2OC)n1. The van der Waals surface area contributed by atoms with Gasteiger partial charge in [-0.05, 0) is 38.0 Å². The molecule has 4 nitrogen and oxygen atoms in total. The van der Waals surface area contributed by atoms with Gasteiger partial charge in [-0.2, -0.15) is 0 Å². The Kier molecular flexibility index (Phi) is 5.15. The summed E-state index contributed by atoms with van der Waals surface area (Å²) >= 11 is 6.10. The van der Waals surface area contributed by atoms with E-state index in [-0.39, 0.29) is 0 Å². The Bertz CT molecular complexity index is 644. The van der Waals surface area contributed by atoms with E-state index in [0.29, 0.717) is 24.2 Å². The van der Waals surface area contributed by atoms with Gasteiger partial charge in [0.25, 0.3) is 0 Å². The fourth-order valence-electron chi connectivity index (χ4n) is 2.12. The summed E-state index contributed by atoms with van der Waals surface area (Å²) in [6, 6.07) is 5.78. The lowest BCUT2D eigenvalue weighted by atomic mass is 10.0. The average Bonchev–Trinajstić information content (AvgIpc) is 2.47. The minimum Gasteiger partial charge on any atom is -0.496 e. The minimum absolute atomic E-state index is 0.344. The number of methoxy groups -OCH3 is 1. The fourth-order valence-corrected chi connectivity index (χ4v) is 2.32. The zero-order chi connectivity index (χ0) is 15.4. The number of ether oxygens (including phenoxy) is 2. The highest BCUT2D eigenvalue weighted by atomic mass is 35.5. The van der Waals surface area contributed by atoms with Crippen molar-refractivity contribution in [3.63, 3.8) is 0 Å². The van der Waals surface area contributed by atoms with Crippen LogP contribution in [0.25, 0.3) is 11.3 Å². The van der Waals surface area contributed by atoms with Crippen LogP contribution in [-0.4, -0.2) is 23.7 Å². The molecule has 0 unspecified atom stereocenters. The molecular weight excluding hydrogens is 288 g/mol. The predicted molar refractivity (Wildman–Crippen MR) is 83.8 cm³/mol. The maximum atomic E-state index is 6.10. The van der Waals surface area contributed by atoms with Crippen LogP contribution >= 0.6 is 11.6 Å². The van der Waals surface area contributed by atoms with E-state index in [1.165, 1.54) is 5.56 Å². The Morgan fingerprint density at radius 1 is 1.19 bits per heavy atom. The molecule has 0 bridgehead atoms. The molecule has 1 aromatic carbocycles. The quantitative estimate of drug-likeness (QED) is 0.784. The largest absolute Gasteiger partial charge is 0.496 e. The zero-order valence-electron chi connectivity index (χ0n) is 12.7. The van der Waals surface area contributed by atoms with E-state index in [9.17, 15) is 0 Å². The number of hydrogen-bond acceptors (Lipinski definition) is 4. The second-order valence-corrected chi connectivity index (χ2v) is 5.10. The Morgan fingerprint density at radius 2 is 1.95 bits per heavy atom. The van der Waals surface area contributed by atoms with Crippen molar-refractivity contribution in [2.24, 2.45) is 0 Å². The maximum Gasteiger partial charge on any atom is 0.156 e. The van der Waals surface area contributed by atoms with Crippen LogP contribution in [0.15, 0.2) is 18.2 Å². The number of halogens is 1. The van der Waals surface area contributed by atoms with Crippen molar-refractivity contribution in [1.29, 1.82) is 0 Å². The van der Waals surface area contributed by atoms with E-state index in [1.54, 1.807) is 13.2 Å². The van der Waals surface area contributed by atoms with Crippen molar-refractivity contribution in [3.05, 3.63) is 40.3 Å². The molecule has 0 atom stereocenters. The molecule has 21 heavy (non-hydrogen) atoms. The third kappa shape index (κ3) is 3.52. The normalized spacial score (nSPS) is 10.7. The van der Waals surface area contributed by atoms with Gasteiger partial charge in [-0.3, -0.25) is 0 Å². The van der Waals surface area contributed by atoms with Crippen molar-refractivity contribution in [3.8, 4) is 17.0 Å². The van der Waals surface area contributed by atoms with Gasteiger partial charge in [-0.15, -0.1) is 0 Å². The molecule has 0 aliphatic rings. The molecule has 5 heteroatoms. The average molecular weight is 307 g/mol. The van der Waals surface area contributed by atoms with Crippen molar-refractivity contribution in [1.82, 2.24) is 9.97 Å². The van der Waals surface area contributed by atoms with E-state index >= 15 is 0 Å². The van der Waals surface area contributed by atoms with Crippen molar-refractivity contribution >= 4 is 11.6 Å². The summed E-state index contributed by atoms with van der Waals surface area (Å²) < 4.78 is 10.9. The number of benzene rings is 1. The fraction of sp³-hybridized carbons (Fsp3) is 0.375. The summed E-state index contributed by atoms with van der Waals surface area (Å²) in [5.41, 5.74) is 3.91. The first kappa shape index (κ1) is 15.7. The monoisotopic (exact) mass is 306 g/mol. The molecule has 112 valence electrons. The van der Waals surface area contributed by atoms with Gasteiger partial charge in [0.1, 0.15) is 17.5 Å². The van der Waals surface area contributed by atoms with Crippen LogP contribution in [0.5, 0.6) is 5.75 Å². The molecule has 0 N–H and O–H groups in total. The topological polar surface area (TPSA) is 44.2 Å². The summed E-state index contributed by atoms with van der Waals surface area (Å²) in [5, 5.41) is 0.398. The van der Waals surface area contributed by atoms with Crippen molar-refractivity contribution in [2.75, 3.05) is 13.7 Å². The molecular formula is C16H19ClN2O2. The third-order valence-corrected chi connectivity index (χ3v) is 3.53. The van der Waals surface area contributed by atoms with Crippen LogP contribution < -0.4 is 4.74 Å². The van der Waals surface area contributed by atoms with Gasteiger partial charge < -0.3 is 9.47 Å². The van der Waals surface area contributed by atoms with Crippen LogP contribution in [0.3, 0.4) is 0 Å². The molecule has 1 aromatic heterocycles. The van der Waals surface area contributed by atoms with Gasteiger partial charge in [0.2, 0.25) is 0 Å². The lowest BCUT2D eigenvalue weighted by molar-refractivity contribution is 0.128. The summed E-state index contributed by atoms with van der Waals surface area (Å²) in [6.07, 6.45) is 0. The van der Waals surface area contributed by atoms with Gasteiger partial charge in [0.15, 0.2) is 5.82 Å². The Balaban J connectivity index is 2.51. The first-order chi connectivity index (χ1) is 10.1. The van der Waals surface area contributed by atoms with Crippen LogP contribution in [0, 0.1) is 13.8 Å². The van der Waals surface area contributed by atoms with Crippen LogP contribution in [0.1, 0.15) is 23.9 Å². The molecule has 2 aromatic rings. The first-order valence-corrected chi connectivity index (χ1v) is 7.20. The Hall–Kier alpha value is -1.65. The Morgan fingerprint density at radius 3 is 2.62 bits per heavy atom. The third-order valence-electron chi connectivity index (χ3n) is 3.33. The molecule has 0 radical (unpaired) electrons. The van der Waals surface area contributed by atoms with Gasteiger partial charge >= 0.3 is 0 Å². The van der Waals surface area contributed by atoms with E-state index in [1.807, 2.05) is 26.0 Å². The smallest absolute Gasteiger partial charge is 0.156 e. The molecule has 0 saturated heterocycles. The zero-order valence-corrected chi connectivity index (χ0v) is 13.5. The Labute approximate surface area is 130 Å². The molecule has 0 spiro atoms. The van der Waals surface area contributed by atoms with Gasteiger partial charge in [-0.25, -0.2) is 9.97 Å². The molecule has 2 rings (SSSR count). The van der Waals surface area contributed by atoms with Gasteiger partial charge in [0.05, 0.1) is 12.8 Å². The number of aryl methyl sites for hydroxylation is 1. The van der Waals surface area contributed by atoms with Crippen molar-refractivity contribution < 1.29 is 9.47 Å². The summed E-state index contributed by atoms with van der Waals surface area (Å²) in [6.45, 7) is 6.96. The van der Waals surface area contributed by atoms with E-state index in [4.69, 9.17) is 21.1 Å². The van der Waals surface area contributed by atoms with E-state index in [2.05, 4.69) is 16.9 Å². The molecule has 0 fully saturated rings. The number of aromatic nitrogens is 2. The van der Waals surface area contributed by atoms with Crippen molar-refractivity contribution in [2.45, 2.75) is 27.4 Å². The lowest BCUT2D eigenvalue weighted by Crippen LogP contribution is -2.02. The highest BCUT2D eigenvalue weighted by Crippen LogP contribution is 2.34. The number of hydrogen-bond donors (Lipinski definition) is 0. The van der Waals surface area contributed by atoms with E-state index < -0.39 is 0 Å². The number of nitrogens with zero attached hydrogens (tertiary/aromatic N) is 2. The maximum absolute atomic E-state index is 6.10. The summed E-state index contributed by atoms with van der Waals surface area (Å²) in [7, 11) is 1.66. The van der Waals surface area contributed by atoms with Crippen LogP contribution in [-0.2, 0) is 11.3 Å². The van der Waals surface area contributed by atoms with Gasteiger partial charge in [-0.1, -0.05) is 17.7 Å².